The maximum atomic E-state index is 9.75. The lowest BCUT2D eigenvalue weighted by Crippen LogP contribution is -2.25. The van der Waals surface area contributed by atoms with Gasteiger partial charge in [0.15, 0.2) is 0 Å². The first kappa shape index (κ1) is 17.2. The second-order valence-electron chi connectivity index (χ2n) is 7.28. The van der Waals surface area contributed by atoms with Gasteiger partial charge in [-0.1, -0.05) is 67.6 Å². The molecule has 0 bridgehead atoms. The molecule has 0 spiro atoms. The molecule has 2 unspecified atom stereocenters. The van der Waals surface area contributed by atoms with E-state index in [9.17, 15) is 5.26 Å². The third-order valence-corrected chi connectivity index (χ3v) is 5.23. The van der Waals surface area contributed by atoms with Gasteiger partial charge in [-0.2, -0.15) is 5.26 Å². The second kappa shape index (κ2) is 7.17. The molecule has 2 N–H and O–H groups in total. The maximum absolute atomic E-state index is 9.75. The van der Waals surface area contributed by atoms with Crippen molar-refractivity contribution in [3.05, 3.63) is 100 Å². The van der Waals surface area contributed by atoms with Gasteiger partial charge in [-0.3, -0.25) is 0 Å². The molecule has 2 aliphatic rings. The van der Waals surface area contributed by atoms with Crippen LogP contribution in [0.5, 0.6) is 0 Å². The lowest BCUT2D eigenvalue weighted by atomic mass is 9.74. The molecule has 134 valence electrons. The van der Waals surface area contributed by atoms with Crippen molar-refractivity contribution in [3.8, 4) is 6.07 Å². The fourth-order valence-corrected chi connectivity index (χ4v) is 4.08. The highest BCUT2D eigenvalue weighted by atomic mass is 16.5. The number of hydrogen-bond donors (Lipinski definition) is 1. The van der Waals surface area contributed by atoms with E-state index in [2.05, 4.69) is 43.3 Å². The summed E-state index contributed by atoms with van der Waals surface area (Å²) in [5, 5.41) is 9.75. The molecule has 2 aromatic carbocycles. The van der Waals surface area contributed by atoms with E-state index >= 15 is 0 Å². The summed E-state index contributed by atoms with van der Waals surface area (Å²) in [6.07, 6.45) is 4.02. The third-order valence-electron chi connectivity index (χ3n) is 5.23. The van der Waals surface area contributed by atoms with Crippen molar-refractivity contribution in [2.45, 2.75) is 25.7 Å². The molecule has 0 amide bonds. The largest absolute Gasteiger partial charge is 0.440 e. The summed E-state index contributed by atoms with van der Waals surface area (Å²) < 4.78 is 6.02. The molecule has 3 heteroatoms. The molecular formula is C24H22N2O. The predicted octanol–water partition coefficient (Wildman–Crippen LogP) is 5.26. The quantitative estimate of drug-likeness (QED) is 0.800. The number of hydrogen-bond acceptors (Lipinski definition) is 3. The summed E-state index contributed by atoms with van der Waals surface area (Å²) in [4.78, 5) is 0. The fraction of sp³-hybridized carbons (Fsp3) is 0.208. The van der Waals surface area contributed by atoms with E-state index in [1.807, 2.05) is 36.4 Å². The summed E-state index contributed by atoms with van der Waals surface area (Å²) in [7, 11) is 0. The Kier molecular flexibility index (Phi) is 4.56. The van der Waals surface area contributed by atoms with E-state index in [1.54, 1.807) is 0 Å². The first-order valence-corrected chi connectivity index (χ1v) is 9.29. The summed E-state index contributed by atoms with van der Waals surface area (Å²) >= 11 is 0. The molecule has 2 aromatic rings. The summed E-state index contributed by atoms with van der Waals surface area (Å²) in [6.45, 7) is 2.25. The van der Waals surface area contributed by atoms with Crippen molar-refractivity contribution in [3.63, 3.8) is 0 Å². The zero-order valence-electron chi connectivity index (χ0n) is 15.4. The number of nitrogens with two attached hydrogens (primary N) is 1. The predicted molar refractivity (Wildman–Crippen MR) is 107 cm³/mol. The van der Waals surface area contributed by atoms with Crippen LogP contribution in [-0.2, 0) is 4.74 Å². The minimum atomic E-state index is -0.137. The Bertz CT molecular complexity index is 978. The molecule has 0 fully saturated rings. The fourth-order valence-electron chi connectivity index (χ4n) is 4.08. The van der Waals surface area contributed by atoms with Gasteiger partial charge in [0.2, 0.25) is 5.88 Å². The van der Waals surface area contributed by atoms with Crippen LogP contribution >= 0.6 is 0 Å². The number of benzene rings is 2. The molecule has 1 heterocycles. The van der Waals surface area contributed by atoms with E-state index in [4.69, 9.17) is 10.5 Å². The van der Waals surface area contributed by atoms with Crippen LogP contribution in [0.2, 0.25) is 0 Å². The molecule has 4 rings (SSSR count). The normalized spacial score (nSPS) is 23.6. The van der Waals surface area contributed by atoms with Crippen LogP contribution in [0.4, 0.5) is 0 Å². The van der Waals surface area contributed by atoms with Gasteiger partial charge in [0, 0.05) is 5.92 Å². The van der Waals surface area contributed by atoms with Crippen LogP contribution in [0, 0.1) is 17.2 Å². The van der Waals surface area contributed by atoms with Crippen molar-refractivity contribution >= 4 is 6.08 Å². The first-order valence-electron chi connectivity index (χ1n) is 9.29. The van der Waals surface area contributed by atoms with Gasteiger partial charge in [-0.25, -0.2) is 0 Å². The average Bonchev–Trinajstić information content (AvgIpc) is 2.69. The van der Waals surface area contributed by atoms with Crippen molar-refractivity contribution in [2.75, 3.05) is 0 Å². The number of nitrogens with zero attached hydrogens (tertiary/aromatic N) is 1. The highest BCUT2D eigenvalue weighted by molar-refractivity contribution is 5.62. The topological polar surface area (TPSA) is 59.0 Å². The first-order chi connectivity index (χ1) is 13.2. The molecule has 1 aliphatic heterocycles. The standard InChI is InChI=1S/C24H22N2O/c1-16-12-19(14-17-8-4-2-5-9-17)23-20(13-16)22(18-10-6-3-7-11-18)21(15-25)24(26)27-23/h2-11,14,16,22H,12-13,26H2,1H3. The van der Waals surface area contributed by atoms with Gasteiger partial charge < -0.3 is 10.5 Å². The molecule has 0 saturated heterocycles. The van der Waals surface area contributed by atoms with E-state index < -0.39 is 0 Å². The Morgan fingerprint density at radius 3 is 2.37 bits per heavy atom. The number of nitriles is 1. The van der Waals surface area contributed by atoms with Crippen LogP contribution in [0.1, 0.15) is 36.8 Å². The smallest absolute Gasteiger partial charge is 0.205 e. The van der Waals surface area contributed by atoms with Crippen LogP contribution in [0.25, 0.3) is 6.08 Å². The summed E-state index contributed by atoms with van der Waals surface area (Å²) in [6, 6.07) is 22.7. The minimum absolute atomic E-state index is 0.137. The van der Waals surface area contributed by atoms with Gasteiger partial charge in [0.25, 0.3) is 0 Å². The molecule has 2 atom stereocenters. The van der Waals surface area contributed by atoms with Gasteiger partial charge >= 0.3 is 0 Å². The van der Waals surface area contributed by atoms with E-state index in [-0.39, 0.29) is 11.8 Å². The second-order valence-corrected chi connectivity index (χ2v) is 7.28. The molecular weight excluding hydrogens is 332 g/mol. The zero-order chi connectivity index (χ0) is 18.8. The Balaban J connectivity index is 1.87. The van der Waals surface area contributed by atoms with Crippen LogP contribution < -0.4 is 5.73 Å². The molecule has 1 aliphatic carbocycles. The molecule has 0 radical (unpaired) electrons. The Morgan fingerprint density at radius 2 is 1.70 bits per heavy atom. The van der Waals surface area contributed by atoms with Crippen molar-refractivity contribution in [1.29, 1.82) is 5.26 Å². The summed E-state index contributed by atoms with van der Waals surface area (Å²) in [5.41, 5.74) is 11.2. The minimum Gasteiger partial charge on any atom is -0.440 e. The van der Waals surface area contributed by atoms with Crippen LogP contribution in [0.15, 0.2) is 89.0 Å². The molecule has 0 aromatic heterocycles. The monoisotopic (exact) mass is 354 g/mol. The Labute approximate surface area is 160 Å². The molecule has 3 nitrogen and oxygen atoms in total. The number of ether oxygens (including phenoxy) is 1. The van der Waals surface area contributed by atoms with Crippen LogP contribution in [0.3, 0.4) is 0 Å². The number of allylic oxidation sites excluding steroid dienone is 3. The van der Waals surface area contributed by atoms with Gasteiger partial charge in [0.1, 0.15) is 17.4 Å². The Morgan fingerprint density at radius 1 is 1.04 bits per heavy atom. The van der Waals surface area contributed by atoms with E-state index in [1.165, 1.54) is 0 Å². The molecule has 0 saturated carbocycles. The van der Waals surface area contributed by atoms with E-state index in [0.717, 1.165) is 40.9 Å². The third kappa shape index (κ3) is 3.27. The maximum Gasteiger partial charge on any atom is 0.205 e. The average molecular weight is 354 g/mol. The van der Waals surface area contributed by atoms with Gasteiger partial charge in [0.05, 0.1) is 0 Å². The van der Waals surface area contributed by atoms with Crippen molar-refractivity contribution in [1.82, 2.24) is 0 Å². The van der Waals surface area contributed by atoms with Gasteiger partial charge in [-0.05, 0) is 47.1 Å². The van der Waals surface area contributed by atoms with Crippen molar-refractivity contribution < 1.29 is 4.74 Å². The lowest BCUT2D eigenvalue weighted by Gasteiger charge is -2.35. The Hall–Kier alpha value is -3.25. The zero-order valence-corrected chi connectivity index (χ0v) is 15.4. The SMILES string of the molecule is CC1CC(=Cc2ccccc2)C2=C(C1)C(c1ccccc1)C(C#N)=C(N)O2. The highest BCUT2D eigenvalue weighted by Gasteiger charge is 2.37. The van der Waals surface area contributed by atoms with Gasteiger partial charge in [-0.15, -0.1) is 0 Å². The molecule has 27 heavy (non-hydrogen) atoms. The van der Waals surface area contributed by atoms with E-state index in [0.29, 0.717) is 11.5 Å². The summed E-state index contributed by atoms with van der Waals surface area (Å²) in [5.74, 6) is 1.41. The highest BCUT2D eigenvalue weighted by Crippen LogP contribution is 2.48. The van der Waals surface area contributed by atoms with Crippen LogP contribution in [-0.4, -0.2) is 0 Å². The number of rotatable bonds is 2. The van der Waals surface area contributed by atoms with Crippen molar-refractivity contribution in [2.24, 2.45) is 11.7 Å². The lowest BCUT2D eigenvalue weighted by molar-refractivity contribution is 0.268.